The molecule has 0 aliphatic carbocycles. The van der Waals surface area contributed by atoms with Gasteiger partial charge < -0.3 is 20.4 Å². The van der Waals surface area contributed by atoms with Gasteiger partial charge in [-0.3, -0.25) is 19.4 Å². The van der Waals surface area contributed by atoms with Crippen molar-refractivity contribution in [1.82, 2.24) is 14.8 Å². The third-order valence-electron chi connectivity index (χ3n) is 5.72. The number of hydrogen-bond donors (Lipinski definition) is 2. The first-order valence-electron chi connectivity index (χ1n) is 11.1. The van der Waals surface area contributed by atoms with E-state index in [4.69, 9.17) is 0 Å². The van der Waals surface area contributed by atoms with Gasteiger partial charge in [-0.05, 0) is 55.1 Å². The largest absolute Gasteiger partial charge is 0.336 e. The highest BCUT2D eigenvalue weighted by atomic mass is 16.2. The van der Waals surface area contributed by atoms with Gasteiger partial charge in [0.1, 0.15) is 0 Å². The number of pyridine rings is 1. The third kappa shape index (κ3) is 5.65. The number of rotatable bonds is 5. The summed E-state index contributed by atoms with van der Waals surface area (Å²) in [7, 11) is 2.06. The minimum absolute atomic E-state index is 0.0374. The normalized spacial score (nSPS) is 13.9. The van der Waals surface area contributed by atoms with Crippen molar-refractivity contribution in [2.45, 2.75) is 6.92 Å². The standard InChI is InChI=1S/C26H27N5O3/c1-18(32)28-23-7-9-24(10-8-23)29-25(33)22-15-21(16-27-17-22)19-3-5-20(6-4-19)26(34)31-13-11-30(2)12-14-31/h3-10,15-17H,11-14H2,1-2H3,(H,28,32)(H,29,33). The molecule has 2 heterocycles. The molecule has 8 heteroatoms. The summed E-state index contributed by atoms with van der Waals surface area (Å²) in [5, 5.41) is 5.52. The maximum Gasteiger partial charge on any atom is 0.257 e. The quantitative estimate of drug-likeness (QED) is 0.613. The van der Waals surface area contributed by atoms with E-state index >= 15 is 0 Å². The van der Waals surface area contributed by atoms with Crippen LogP contribution in [0.4, 0.5) is 11.4 Å². The van der Waals surface area contributed by atoms with Crippen molar-refractivity contribution in [2.24, 2.45) is 0 Å². The summed E-state index contributed by atoms with van der Waals surface area (Å²) in [6.45, 7) is 4.66. The summed E-state index contributed by atoms with van der Waals surface area (Å²) in [6, 6.07) is 16.0. The third-order valence-corrected chi connectivity index (χ3v) is 5.72. The van der Waals surface area contributed by atoms with Crippen LogP contribution in [0.2, 0.25) is 0 Å². The zero-order valence-corrected chi connectivity index (χ0v) is 19.2. The topological polar surface area (TPSA) is 94.6 Å². The smallest absolute Gasteiger partial charge is 0.257 e. The molecule has 0 unspecified atom stereocenters. The van der Waals surface area contributed by atoms with Gasteiger partial charge in [0, 0.05) is 68.0 Å². The lowest BCUT2D eigenvalue weighted by atomic mass is 10.0. The molecule has 0 bridgehead atoms. The van der Waals surface area contributed by atoms with Crippen LogP contribution in [-0.4, -0.2) is 65.7 Å². The predicted octanol–water partition coefficient (Wildman–Crippen LogP) is 3.35. The predicted molar refractivity (Wildman–Crippen MR) is 132 cm³/mol. The Balaban J connectivity index is 1.43. The number of aromatic nitrogens is 1. The van der Waals surface area contributed by atoms with E-state index in [1.54, 1.807) is 36.5 Å². The van der Waals surface area contributed by atoms with Crippen molar-refractivity contribution in [3.8, 4) is 11.1 Å². The van der Waals surface area contributed by atoms with Gasteiger partial charge >= 0.3 is 0 Å². The van der Waals surface area contributed by atoms with Crippen molar-refractivity contribution in [3.05, 3.63) is 78.1 Å². The first kappa shape index (κ1) is 23.1. The Kier molecular flexibility index (Phi) is 6.98. The Bertz CT molecular complexity index is 1180. The molecule has 1 saturated heterocycles. The summed E-state index contributed by atoms with van der Waals surface area (Å²) in [4.78, 5) is 44.9. The van der Waals surface area contributed by atoms with Crippen LogP contribution in [0.15, 0.2) is 67.0 Å². The number of piperazine rings is 1. The monoisotopic (exact) mass is 457 g/mol. The van der Waals surface area contributed by atoms with E-state index in [1.807, 2.05) is 29.2 Å². The van der Waals surface area contributed by atoms with E-state index in [0.717, 1.165) is 37.3 Å². The van der Waals surface area contributed by atoms with E-state index in [0.29, 0.717) is 22.5 Å². The summed E-state index contributed by atoms with van der Waals surface area (Å²) in [6.07, 6.45) is 3.20. The number of amides is 3. The molecule has 2 aromatic carbocycles. The van der Waals surface area contributed by atoms with Gasteiger partial charge in [-0.1, -0.05) is 12.1 Å². The molecule has 4 rings (SSSR count). The van der Waals surface area contributed by atoms with Gasteiger partial charge in [0.15, 0.2) is 0 Å². The molecular weight excluding hydrogens is 430 g/mol. The van der Waals surface area contributed by atoms with E-state index in [1.165, 1.54) is 13.1 Å². The maximum atomic E-state index is 12.8. The van der Waals surface area contributed by atoms with Crippen LogP contribution < -0.4 is 10.6 Å². The Labute approximate surface area is 198 Å². The van der Waals surface area contributed by atoms with Crippen LogP contribution in [0.5, 0.6) is 0 Å². The molecule has 34 heavy (non-hydrogen) atoms. The number of anilines is 2. The molecule has 3 amide bonds. The summed E-state index contributed by atoms with van der Waals surface area (Å²) in [5.41, 5.74) is 3.99. The van der Waals surface area contributed by atoms with Crippen LogP contribution in [-0.2, 0) is 4.79 Å². The Morgan fingerprint density at radius 1 is 0.765 bits per heavy atom. The molecule has 1 aromatic heterocycles. The molecule has 8 nitrogen and oxygen atoms in total. The highest BCUT2D eigenvalue weighted by Gasteiger charge is 2.20. The first-order chi connectivity index (χ1) is 16.4. The second-order valence-electron chi connectivity index (χ2n) is 8.35. The lowest BCUT2D eigenvalue weighted by molar-refractivity contribution is -0.114. The van der Waals surface area contributed by atoms with Crippen LogP contribution in [0.25, 0.3) is 11.1 Å². The first-order valence-corrected chi connectivity index (χ1v) is 11.1. The fraction of sp³-hybridized carbons (Fsp3) is 0.231. The zero-order chi connectivity index (χ0) is 24.1. The van der Waals surface area contributed by atoms with Crippen molar-refractivity contribution in [1.29, 1.82) is 0 Å². The van der Waals surface area contributed by atoms with Gasteiger partial charge in [-0.15, -0.1) is 0 Å². The number of likely N-dealkylation sites (N-methyl/N-ethyl adjacent to an activating group) is 1. The minimum atomic E-state index is -0.288. The fourth-order valence-electron chi connectivity index (χ4n) is 3.76. The maximum absolute atomic E-state index is 12.8. The van der Waals surface area contributed by atoms with Gasteiger partial charge in [0.25, 0.3) is 11.8 Å². The van der Waals surface area contributed by atoms with Crippen LogP contribution >= 0.6 is 0 Å². The molecule has 174 valence electrons. The number of hydrogen-bond acceptors (Lipinski definition) is 5. The van der Waals surface area contributed by atoms with Gasteiger partial charge in [-0.2, -0.15) is 0 Å². The number of nitrogens with one attached hydrogen (secondary N) is 2. The van der Waals surface area contributed by atoms with Crippen LogP contribution in [0, 0.1) is 0 Å². The molecule has 2 N–H and O–H groups in total. The fourth-order valence-corrected chi connectivity index (χ4v) is 3.76. The molecule has 1 fully saturated rings. The van der Waals surface area contributed by atoms with E-state index in [9.17, 15) is 14.4 Å². The molecule has 0 atom stereocenters. The van der Waals surface area contributed by atoms with Crippen molar-refractivity contribution < 1.29 is 14.4 Å². The van der Waals surface area contributed by atoms with E-state index in [2.05, 4.69) is 27.6 Å². The summed E-state index contributed by atoms with van der Waals surface area (Å²) < 4.78 is 0. The molecule has 0 radical (unpaired) electrons. The molecule has 0 saturated carbocycles. The average molecular weight is 458 g/mol. The van der Waals surface area contributed by atoms with Gasteiger partial charge in [-0.25, -0.2) is 0 Å². The Morgan fingerprint density at radius 3 is 2.00 bits per heavy atom. The Hall–Kier alpha value is -4.04. The van der Waals surface area contributed by atoms with E-state index in [-0.39, 0.29) is 17.7 Å². The second-order valence-corrected chi connectivity index (χ2v) is 8.35. The number of benzene rings is 2. The van der Waals surface area contributed by atoms with Crippen LogP contribution in [0.3, 0.4) is 0 Å². The van der Waals surface area contributed by atoms with Crippen LogP contribution in [0.1, 0.15) is 27.6 Å². The zero-order valence-electron chi connectivity index (χ0n) is 19.2. The average Bonchev–Trinajstić information content (AvgIpc) is 2.85. The molecule has 1 aliphatic rings. The SMILES string of the molecule is CC(=O)Nc1ccc(NC(=O)c2cncc(-c3ccc(C(=O)N4CCN(C)CC4)cc3)c2)cc1. The van der Waals surface area contributed by atoms with Gasteiger partial charge in [0.05, 0.1) is 5.56 Å². The highest BCUT2D eigenvalue weighted by molar-refractivity contribution is 6.05. The number of nitrogens with zero attached hydrogens (tertiary/aromatic N) is 3. The Morgan fingerprint density at radius 2 is 1.38 bits per heavy atom. The number of carbonyl (C=O) groups is 3. The van der Waals surface area contributed by atoms with E-state index < -0.39 is 0 Å². The van der Waals surface area contributed by atoms with Gasteiger partial charge in [0.2, 0.25) is 5.91 Å². The van der Waals surface area contributed by atoms with Crippen molar-refractivity contribution >= 4 is 29.1 Å². The highest BCUT2D eigenvalue weighted by Crippen LogP contribution is 2.22. The molecule has 1 aliphatic heterocycles. The van der Waals surface area contributed by atoms with Crippen molar-refractivity contribution in [3.63, 3.8) is 0 Å². The molecule has 0 spiro atoms. The molecular formula is C26H27N5O3. The summed E-state index contributed by atoms with van der Waals surface area (Å²) in [5.74, 6) is -0.407. The molecule has 3 aromatic rings. The summed E-state index contributed by atoms with van der Waals surface area (Å²) >= 11 is 0. The lowest BCUT2D eigenvalue weighted by Gasteiger charge is -2.32. The second kappa shape index (κ2) is 10.3. The lowest BCUT2D eigenvalue weighted by Crippen LogP contribution is -2.47. The van der Waals surface area contributed by atoms with Crippen molar-refractivity contribution in [2.75, 3.05) is 43.9 Å². The minimum Gasteiger partial charge on any atom is -0.336 e. The number of carbonyl (C=O) groups excluding carboxylic acids is 3.